The molecule has 1 saturated heterocycles. The van der Waals surface area contributed by atoms with Crippen LogP contribution in [0.3, 0.4) is 0 Å². The Labute approximate surface area is 232 Å². The van der Waals surface area contributed by atoms with Gasteiger partial charge in [-0.15, -0.1) is 0 Å². The first-order valence-electron chi connectivity index (χ1n) is 14.2. The van der Waals surface area contributed by atoms with Crippen molar-refractivity contribution in [2.45, 2.75) is 126 Å². The quantitative estimate of drug-likeness (QED) is 0.224. The normalized spacial score (nSPS) is 43.6. The van der Waals surface area contributed by atoms with E-state index in [0.29, 0.717) is 0 Å². The Bertz CT molecular complexity index is 642. The first kappa shape index (κ1) is 30.2. The number of likely N-dealkylation sites (tertiary alicyclic amines) is 1. The Kier molecular flexibility index (Phi) is 11.2. The van der Waals surface area contributed by atoms with E-state index in [4.69, 9.17) is 17.0 Å². The van der Waals surface area contributed by atoms with Crippen molar-refractivity contribution in [3.05, 3.63) is 14.9 Å². The van der Waals surface area contributed by atoms with Crippen molar-refractivity contribution in [2.24, 2.45) is 35.5 Å². The van der Waals surface area contributed by atoms with Gasteiger partial charge in [0.05, 0.1) is 8.07 Å². The van der Waals surface area contributed by atoms with Crippen LogP contribution in [0, 0.1) is 50.4 Å². The van der Waals surface area contributed by atoms with Crippen molar-refractivity contribution in [3.63, 3.8) is 0 Å². The summed E-state index contributed by atoms with van der Waals surface area (Å²) in [5, 5.41) is 0. The Balaban J connectivity index is 0.000000618. The van der Waals surface area contributed by atoms with Crippen molar-refractivity contribution in [3.8, 4) is 0 Å². The van der Waals surface area contributed by atoms with Crippen molar-refractivity contribution < 1.29 is 20.8 Å². The van der Waals surface area contributed by atoms with Crippen LogP contribution in [0.15, 0.2) is 0 Å². The van der Waals surface area contributed by atoms with E-state index < -0.39 is 28.9 Å². The molecule has 0 amide bonds. The van der Waals surface area contributed by atoms with Gasteiger partial charge in [-0.25, -0.2) is 0 Å². The molecule has 6 fully saturated rings. The zero-order chi connectivity index (χ0) is 22.5. The molecule has 0 radical (unpaired) electrons. The van der Waals surface area contributed by atoms with Gasteiger partial charge in [-0.3, -0.25) is 4.90 Å². The molecule has 6 rings (SSSR count). The van der Waals surface area contributed by atoms with Gasteiger partial charge in [0.2, 0.25) is 0 Å². The van der Waals surface area contributed by atoms with Crippen LogP contribution in [0.2, 0.25) is 24.2 Å². The molecule has 0 aromatic heterocycles. The first-order chi connectivity index (χ1) is 15.5. The topological polar surface area (TPSA) is 3.24 Å². The number of nitrogens with zero attached hydrogens (tertiary/aromatic N) is 1. The van der Waals surface area contributed by atoms with Crippen molar-refractivity contribution in [1.29, 1.82) is 0 Å². The fraction of sp³-hybridized carbons (Fsp3) is 0.931. The van der Waals surface area contributed by atoms with Crippen molar-refractivity contribution >= 4 is 25.1 Å². The molecule has 34 heavy (non-hydrogen) atoms. The molecule has 1 aliphatic heterocycles. The van der Waals surface area contributed by atoms with E-state index >= 15 is 0 Å². The Morgan fingerprint density at radius 2 is 1.24 bits per heavy atom. The van der Waals surface area contributed by atoms with Gasteiger partial charge in [0.25, 0.3) is 0 Å². The molecule has 9 unspecified atom stereocenters. The van der Waals surface area contributed by atoms with Crippen LogP contribution < -0.4 is 0 Å². The molecule has 1 nitrogen and oxygen atoms in total. The first-order valence-corrected chi connectivity index (χ1v) is 23.7. The van der Waals surface area contributed by atoms with Gasteiger partial charge in [0.1, 0.15) is 0 Å². The Morgan fingerprint density at radius 3 is 1.91 bits per heavy atom. The van der Waals surface area contributed by atoms with E-state index in [1.807, 2.05) is 0 Å². The summed E-state index contributed by atoms with van der Waals surface area (Å²) in [4.78, 5) is 3.04. The van der Waals surface area contributed by atoms with Gasteiger partial charge in [-0.05, 0) is 85.7 Å². The average molecular weight is 606 g/mol. The molecular formula is C29H53Cl2NSiZr. The zero-order valence-corrected chi connectivity index (χ0v) is 27.8. The van der Waals surface area contributed by atoms with Crippen LogP contribution in [-0.2, 0) is 20.8 Å². The molecule has 5 heteroatoms. The fourth-order valence-corrected chi connectivity index (χ4v) is 16.4. The number of fused-ring (bicyclic) bond motifs is 7. The van der Waals surface area contributed by atoms with E-state index in [-0.39, 0.29) is 14.9 Å². The Morgan fingerprint density at radius 1 is 0.676 bits per heavy atom. The van der Waals surface area contributed by atoms with E-state index in [2.05, 4.69) is 25.0 Å². The summed E-state index contributed by atoms with van der Waals surface area (Å²) in [6.07, 6.45) is 21.9. The van der Waals surface area contributed by atoms with Gasteiger partial charge in [0, 0.05) is 12.1 Å². The molecule has 196 valence electrons. The monoisotopic (exact) mass is 603 g/mol. The van der Waals surface area contributed by atoms with Crippen LogP contribution in [0.1, 0.15) is 89.9 Å². The standard InChI is InChI=1S/C27H47NSi.2CH3.2ClH.Zr/c1-28-23-15-9-8-14-21(23)25-26(28)24-20-13-7-4-10-18(20)16-17-22(24)27(25)29(2,3)19-11-5-6-12-19;;;;;/h18-27H,4-17H2,1-3H3;2*1H3;2*1H;/q;2*-1;;;+4/p-2. The average Bonchev–Trinajstić information content (AvgIpc) is 3.51. The SMILES string of the molecule is CN1C2CCCCC2C2C1C1C3CCCCC3CCC1C2[Si](C)(C)C1CCCC1.[CH3-].[CH3-].[Cl][Zr+2][Cl]. The molecule has 5 aliphatic carbocycles. The van der Waals surface area contributed by atoms with Crippen LogP contribution in [0.25, 0.3) is 0 Å². The third kappa shape index (κ3) is 5.12. The second-order valence-corrected chi connectivity index (χ2v) is 22.0. The van der Waals surface area contributed by atoms with Gasteiger partial charge < -0.3 is 14.9 Å². The van der Waals surface area contributed by atoms with Crippen LogP contribution in [0.5, 0.6) is 0 Å². The van der Waals surface area contributed by atoms with Gasteiger partial charge in [-0.2, -0.15) is 0 Å². The molecule has 0 bridgehead atoms. The summed E-state index contributed by atoms with van der Waals surface area (Å²) in [6, 6.07) is 1.94. The summed E-state index contributed by atoms with van der Waals surface area (Å²) < 4.78 is 0. The molecule has 0 N–H and O–H groups in total. The second-order valence-electron chi connectivity index (χ2n) is 13.2. The molecule has 0 spiro atoms. The summed E-state index contributed by atoms with van der Waals surface area (Å²) in [5.74, 6) is 6.60. The fourth-order valence-electron chi connectivity index (χ4n) is 11.1. The van der Waals surface area contributed by atoms with E-state index in [1.54, 1.807) is 70.6 Å². The maximum atomic E-state index is 4.93. The summed E-state index contributed by atoms with van der Waals surface area (Å²) in [7, 11) is 11.2. The number of rotatable bonds is 2. The van der Waals surface area contributed by atoms with Crippen LogP contribution >= 0.6 is 17.0 Å². The minimum atomic E-state index is -1.22. The Hall–Kier alpha value is 1.64. The predicted molar refractivity (Wildman–Crippen MR) is 150 cm³/mol. The third-order valence-electron chi connectivity index (χ3n) is 12.0. The van der Waals surface area contributed by atoms with Gasteiger partial charge in [0.15, 0.2) is 0 Å². The van der Waals surface area contributed by atoms with Crippen LogP contribution in [0.4, 0.5) is 0 Å². The maximum absolute atomic E-state index is 4.93. The molecule has 5 saturated carbocycles. The molecule has 9 atom stereocenters. The number of hydrogen-bond acceptors (Lipinski definition) is 1. The molecule has 1 heterocycles. The third-order valence-corrected chi connectivity index (χ3v) is 17.2. The molecule has 6 aliphatic rings. The van der Waals surface area contributed by atoms with Crippen molar-refractivity contribution in [2.75, 3.05) is 7.05 Å². The summed E-state index contributed by atoms with van der Waals surface area (Å²) >= 11 is -0.826. The van der Waals surface area contributed by atoms with Gasteiger partial charge in [-0.1, -0.05) is 70.9 Å². The second kappa shape index (κ2) is 12.7. The molecular weight excluding hydrogens is 553 g/mol. The van der Waals surface area contributed by atoms with E-state index in [1.165, 1.54) is 24.8 Å². The summed E-state index contributed by atoms with van der Waals surface area (Å²) in [6.45, 7) is 5.80. The van der Waals surface area contributed by atoms with Crippen LogP contribution in [-0.4, -0.2) is 32.1 Å². The number of halogens is 2. The van der Waals surface area contributed by atoms with E-state index in [9.17, 15) is 0 Å². The van der Waals surface area contributed by atoms with E-state index in [0.717, 1.165) is 53.1 Å². The van der Waals surface area contributed by atoms with Crippen molar-refractivity contribution in [1.82, 2.24) is 4.90 Å². The molecule has 0 aromatic carbocycles. The zero-order valence-electron chi connectivity index (χ0n) is 22.9. The molecule has 0 aromatic rings. The van der Waals surface area contributed by atoms with Gasteiger partial charge >= 0.3 is 37.9 Å². The minimum absolute atomic E-state index is 0. The number of hydrogen-bond donors (Lipinski definition) is 0. The predicted octanol–water partition coefficient (Wildman–Crippen LogP) is 9.62. The summed E-state index contributed by atoms with van der Waals surface area (Å²) in [5.41, 5.74) is 2.32.